The Balaban J connectivity index is 1.88. The van der Waals surface area contributed by atoms with Gasteiger partial charge < -0.3 is 10.1 Å². The van der Waals surface area contributed by atoms with E-state index in [0.717, 1.165) is 16.8 Å². The third kappa shape index (κ3) is 2.72. The molecule has 2 rings (SSSR count). The molecule has 0 radical (unpaired) electrons. The Kier molecular flexibility index (Phi) is 3.26. The maximum Gasteiger partial charge on any atom is 0.220 e. The molecule has 1 saturated heterocycles. The standard InChI is InChI=1S/C11H12BrNO2/c12-9-3-1-2-4-10(9)15-7-8-5-11(14)13-6-8/h1-4,8H,5-7H2,(H,13,14). The molecule has 0 aromatic heterocycles. The van der Waals surface area contributed by atoms with E-state index in [1.807, 2.05) is 24.3 Å². The summed E-state index contributed by atoms with van der Waals surface area (Å²) in [5, 5.41) is 2.79. The van der Waals surface area contributed by atoms with E-state index >= 15 is 0 Å². The molecule has 0 spiro atoms. The molecule has 1 heterocycles. The minimum absolute atomic E-state index is 0.121. The molecule has 80 valence electrons. The largest absolute Gasteiger partial charge is 0.492 e. The molecule has 0 saturated carbocycles. The Hall–Kier alpha value is -1.03. The minimum atomic E-state index is 0.121. The molecule has 15 heavy (non-hydrogen) atoms. The van der Waals surface area contributed by atoms with Gasteiger partial charge in [-0.25, -0.2) is 0 Å². The number of para-hydroxylation sites is 1. The van der Waals surface area contributed by atoms with Gasteiger partial charge in [0.1, 0.15) is 5.75 Å². The molecule has 0 bridgehead atoms. The van der Waals surface area contributed by atoms with E-state index in [1.54, 1.807) is 0 Å². The number of carbonyl (C=O) groups excluding carboxylic acids is 1. The third-order valence-corrected chi connectivity index (χ3v) is 3.03. The molecule has 1 aromatic carbocycles. The monoisotopic (exact) mass is 269 g/mol. The van der Waals surface area contributed by atoms with Crippen LogP contribution in [0.2, 0.25) is 0 Å². The van der Waals surface area contributed by atoms with Crippen molar-refractivity contribution in [3.8, 4) is 5.75 Å². The van der Waals surface area contributed by atoms with Gasteiger partial charge in [-0.1, -0.05) is 12.1 Å². The average Bonchev–Trinajstić information content (AvgIpc) is 2.63. The van der Waals surface area contributed by atoms with E-state index in [1.165, 1.54) is 0 Å². The van der Waals surface area contributed by atoms with Crippen LogP contribution in [0.15, 0.2) is 28.7 Å². The van der Waals surface area contributed by atoms with Crippen LogP contribution in [0, 0.1) is 5.92 Å². The quantitative estimate of drug-likeness (QED) is 0.911. The summed E-state index contributed by atoms with van der Waals surface area (Å²) in [6.45, 7) is 1.31. The van der Waals surface area contributed by atoms with Gasteiger partial charge in [0, 0.05) is 18.9 Å². The molecule has 1 amide bonds. The van der Waals surface area contributed by atoms with E-state index in [4.69, 9.17) is 4.74 Å². The van der Waals surface area contributed by atoms with Crippen molar-refractivity contribution in [1.29, 1.82) is 0 Å². The number of benzene rings is 1. The summed E-state index contributed by atoms with van der Waals surface area (Å²) in [5.41, 5.74) is 0. The van der Waals surface area contributed by atoms with Crippen LogP contribution in [-0.2, 0) is 4.79 Å². The van der Waals surface area contributed by atoms with Crippen molar-refractivity contribution in [2.75, 3.05) is 13.2 Å². The Morgan fingerprint density at radius 2 is 2.27 bits per heavy atom. The van der Waals surface area contributed by atoms with Crippen LogP contribution in [0.1, 0.15) is 6.42 Å². The number of hydrogen-bond donors (Lipinski definition) is 1. The normalized spacial score (nSPS) is 20.1. The SMILES string of the molecule is O=C1CC(COc2ccccc2Br)CN1. The smallest absolute Gasteiger partial charge is 0.220 e. The lowest BCUT2D eigenvalue weighted by Crippen LogP contribution is -2.16. The van der Waals surface area contributed by atoms with Gasteiger partial charge in [0.15, 0.2) is 0 Å². The van der Waals surface area contributed by atoms with Gasteiger partial charge in [-0.05, 0) is 28.1 Å². The predicted molar refractivity (Wildman–Crippen MR) is 60.8 cm³/mol. The van der Waals surface area contributed by atoms with Gasteiger partial charge in [-0.2, -0.15) is 0 Å². The van der Waals surface area contributed by atoms with Crippen LogP contribution in [0.5, 0.6) is 5.75 Å². The van der Waals surface area contributed by atoms with E-state index in [9.17, 15) is 4.79 Å². The second-order valence-corrected chi connectivity index (χ2v) is 4.47. The summed E-state index contributed by atoms with van der Waals surface area (Å²) in [6, 6.07) is 7.72. The fourth-order valence-corrected chi connectivity index (χ4v) is 1.95. The van der Waals surface area contributed by atoms with Crippen molar-refractivity contribution < 1.29 is 9.53 Å². The van der Waals surface area contributed by atoms with E-state index in [-0.39, 0.29) is 5.91 Å². The number of rotatable bonds is 3. The fraction of sp³-hybridized carbons (Fsp3) is 0.364. The highest BCUT2D eigenvalue weighted by Gasteiger charge is 2.21. The second-order valence-electron chi connectivity index (χ2n) is 3.62. The van der Waals surface area contributed by atoms with E-state index in [2.05, 4.69) is 21.2 Å². The Morgan fingerprint density at radius 3 is 2.93 bits per heavy atom. The number of ether oxygens (including phenoxy) is 1. The minimum Gasteiger partial charge on any atom is -0.492 e. The molecule has 4 heteroatoms. The maximum absolute atomic E-state index is 11.0. The van der Waals surface area contributed by atoms with Gasteiger partial charge in [-0.15, -0.1) is 0 Å². The van der Waals surface area contributed by atoms with Crippen molar-refractivity contribution in [1.82, 2.24) is 5.32 Å². The molecule has 1 unspecified atom stereocenters. The van der Waals surface area contributed by atoms with Gasteiger partial charge in [-0.3, -0.25) is 4.79 Å². The van der Waals surface area contributed by atoms with E-state index in [0.29, 0.717) is 18.9 Å². The molecule has 1 aliphatic rings. The van der Waals surface area contributed by atoms with Crippen LogP contribution in [0.4, 0.5) is 0 Å². The first-order valence-electron chi connectivity index (χ1n) is 4.90. The Bertz CT molecular complexity index is 367. The number of hydrogen-bond acceptors (Lipinski definition) is 2. The van der Waals surface area contributed by atoms with Crippen molar-refractivity contribution in [3.05, 3.63) is 28.7 Å². The first-order chi connectivity index (χ1) is 7.25. The number of amides is 1. The highest BCUT2D eigenvalue weighted by atomic mass is 79.9. The molecule has 1 aliphatic heterocycles. The molecule has 1 N–H and O–H groups in total. The maximum atomic E-state index is 11.0. The highest BCUT2D eigenvalue weighted by Crippen LogP contribution is 2.24. The lowest BCUT2D eigenvalue weighted by Gasteiger charge is -2.11. The van der Waals surface area contributed by atoms with Crippen molar-refractivity contribution in [3.63, 3.8) is 0 Å². The highest BCUT2D eigenvalue weighted by molar-refractivity contribution is 9.10. The zero-order valence-corrected chi connectivity index (χ0v) is 9.79. The van der Waals surface area contributed by atoms with Gasteiger partial charge >= 0.3 is 0 Å². The van der Waals surface area contributed by atoms with Crippen molar-refractivity contribution in [2.45, 2.75) is 6.42 Å². The van der Waals surface area contributed by atoms with Crippen LogP contribution >= 0.6 is 15.9 Å². The Labute approximate surface area is 96.9 Å². The molecular formula is C11H12BrNO2. The predicted octanol–water partition coefficient (Wildman–Crippen LogP) is 1.96. The van der Waals surface area contributed by atoms with Gasteiger partial charge in [0.05, 0.1) is 11.1 Å². The fourth-order valence-electron chi connectivity index (χ4n) is 1.55. The van der Waals surface area contributed by atoms with Crippen LogP contribution in [-0.4, -0.2) is 19.1 Å². The molecule has 1 atom stereocenters. The van der Waals surface area contributed by atoms with Crippen LogP contribution in [0.25, 0.3) is 0 Å². The van der Waals surface area contributed by atoms with Crippen molar-refractivity contribution in [2.24, 2.45) is 5.92 Å². The summed E-state index contributed by atoms with van der Waals surface area (Å²) in [5.74, 6) is 1.25. The summed E-state index contributed by atoms with van der Waals surface area (Å²) >= 11 is 3.41. The summed E-state index contributed by atoms with van der Waals surface area (Å²) in [6.07, 6.45) is 0.574. The topological polar surface area (TPSA) is 38.3 Å². The number of carbonyl (C=O) groups is 1. The number of halogens is 1. The van der Waals surface area contributed by atoms with Crippen LogP contribution < -0.4 is 10.1 Å². The molecule has 0 aliphatic carbocycles. The molecule has 3 nitrogen and oxygen atoms in total. The van der Waals surface area contributed by atoms with Crippen LogP contribution in [0.3, 0.4) is 0 Å². The Morgan fingerprint density at radius 1 is 1.47 bits per heavy atom. The third-order valence-electron chi connectivity index (χ3n) is 2.37. The average molecular weight is 270 g/mol. The zero-order valence-electron chi connectivity index (χ0n) is 8.20. The summed E-state index contributed by atoms with van der Waals surface area (Å²) in [7, 11) is 0. The number of nitrogens with one attached hydrogen (secondary N) is 1. The first kappa shape index (κ1) is 10.5. The molecule has 1 aromatic rings. The lowest BCUT2D eigenvalue weighted by molar-refractivity contribution is -0.119. The first-order valence-corrected chi connectivity index (χ1v) is 5.69. The summed E-state index contributed by atoms with van der Waals surface area (Å²) in [4.78, 5) is 11.0. The second kappa shape index (κ2) is 4.66. The molecule has 1 fully saturated rings. The zero-order chi connectivity index (χ0) is 10.7. The summed E-state index contributed by atoms with van der Waals surface area (Å²) < 4.78 is 6.58. The van der Waals surface area contributed by atoms with Crippen molar-refractivity contribution >= 4 is 21.8 Å². The van der Waals surface area contributed by atoms with E-state index < -0.39 is 0 Å². The van der Waals surface area contributed by atoms with Gasteiger partial charge in [0.2, 0.25) is 5.91 Å². The molecular weight excluding hydrogens is 258 g/mol. The lowest BCUT2D eigenvalue weighted by atomic mass is 10.1. The van der Waals surface area contributed by atoms with Gasteiger partial charge in [0.25, 0.3) is 0 Å².